The number of ether oxygens (including phenoxy) is 1. The van der Waals surface area contributed by atoms with Crippen molar-refractivity contribution in [3.8, 4) is 0 Å². The van der Waals surface area contributed by atoms with Gasteiger partial charge in [0.2, 0.25) is 0 Å². The Labute approximate surface area is 93.9 Å². The molecule has 2 nitrogen and oxygen atoms in total. The number of hydrogen-bond acceptors (Lipinski definition) is 2. The summed E-state index contributed by atoms with van der Waals surface area (Å²) < 4.78 is 6.14. The molecule has 0 bridgehead atoms. The number of rotatable bonds is 4. The second-order valence-corrected chi connectivity index (χ2v) is 4.63. The van der Waals surface area contributed by atoms with Crippen LogP contribution < -0.4 is 0 Å². The third kappa shape index (κ3) is 9.86. The number of esters is 1. The molecule has 0 aromatic heterocycles. The molecule has 0 atom stereocenters. The fraction of sp³-hybridized carbons (Fsp3) is 0.700. The Morgan fingerprint density at radius 3 is 2.46 bits per heavy atom. The maximum atomic E-state index is 11.2. The lowest BCUT2D eigenvalue weighted by Gasteiger charge is -2.19. The molecule has 0 N–H and O–H groups in total. The molecule has 0 saturated carbocycles. The van der Waals surface area contributed by atoms with Crippen molar-refractivity contribution in [2.45, 2.75) is 39.2 Å². The average Bonchev–Trinajstić information content (AvgIpc) is 1.94. The maximum absolute atomic E-state index is 11.2. The summed E-state index contributed by atoms with van der Waals surface area (Å²) in [5.41, 5.74) is -0.357. The van der Waals surface area contributed by atoms with Gasteiger partial charge in [0.05, 0.1) is 0 Å². The fourth-order valence-electron chi connectivity index (χ4n) is 0.775. The van der Waals surface area contributed by atoms with Crippen LogP contribution in [0.4, 0.5) is 0 Å². The van der Waals surface area contributed by atoms with Crippen molar-refractivity contribution in [2.75, 3.05) is 4.43 Å². The van der Waals surface area contributed by atoms with Crippen molar-refractivity contribution in [3.63, 3.8) is 0 Å². The van der Waals surface area contributed by atoms with Crippen molar-refractivity contribution in [2.24, 2.45) is 0 Å². The molecule has 0 heterocycles. The highest BCUT2D eigenvalue weighted by molar-refractivity contribution is 14.1. The van der Waals surface area contributed by atoms with Crippen LogP contribution >= 0.6 is 22.6 Å². The van der Waals surface area contributed by atoms with E-state index in [4.69, 9.17) is 4.74 Å². The van der Waals surface area contributed by atoms with E-state index in [1.54, 1.807) is 0 Å². The summed E-state index contributed by atoms with van der Waals surface area (Å²) in [6.45, 7) is 5.64. The summed E-state index contributed by atoms with van der Waals surface area (Å²) in [7, 11) is 0. The SMILES string of the molecule is CC(C)(C)OC(=O)CCC=CCI. The lowest BCUT2D eigenvalue weighted by atomic mass is 10.2. The van der Waals surface area contributed by atoms with Gasteiger partial charge in [-0.05, 0) is 27.2 Å². The number of carbonyl (C=O) groups excluding carboxylic acids is 1. The zero-order valence-electron chi connectivity index (χ0n) is 8.47. The third-order valence-corrected chi connectivity index (χ3v) is 1.70. The Morgan fingerprint density at radius 1 is 1.38 bits per heavy atom. The van der Waals surface area contributed by atoms with E-state index in [1.807, 2.05) is 32.9 Å². The number of halogens is 1. The van der Waals surface area contributed by atoms with Gasteiger partial charge in [0.15, 0.2) is 0 Å². The first-order chi connectivity index (χ1) is 5.95. The Hall–Kier alpha value is -0.0600. The smallest absolute Gasteiger partial charge is 0.306 e. The van der Waals surface area contributed by atoms with Crippen molar-refractivity contribution in [3.05, 3.63) is 12.2 Å². The summed E-state index contributed by atoms with van der Waals surface area (Å²) >= 11 is 2.26. The minimum absolute atomic E-state index is 0.120. The summed E-state index contributed by atoms with van der Waals surface area (Å²) in [5, 5.41) is 0. The standard InChI is InChI=1S/C10H17IO2/c1-10(2,3)13-9(12)7-5-4-6-8-11/h4,6H,5,7-8H2,1-3H3. The second kappa shape index (κ2) is 6.40. The van der Waals surface area contributed by atoms with Gasteiger partial charge in [-0.2, -0.15) is 0 Å². The number of allylic oxidation sites excluding steroid dienone is 2. The van der Waals surface area contributed by atoms with E-state index in [0.717, 1.165) is 10.8 Å². The molecule has 0 aliphatic heterocycles. The summed E-state index contributed by atoms with van der Waals surface area (Å²) in [5.74, 6) is -0.120. The molecule has 0 aliphatic rings. The molecule has 0 radical (unpaired) electrons. The van der Waals surface area contributed by atoms with Crippen LogP contribution in [-0.2, 0) is 9.53 Å². The van der Waals surface area contributed by atoms with Gasteiger partial charge in [0.25, 0.3) is 0 Å². The highest BCUT2D eigenvalue weighted by atomic mass is 127. The van der Waals surface area contributed by atoms with Crippen molar-refractivity contribution >= 4 is 28.6 Å². The molecule has 0 aromatic carbocycles. The van der Waals surface area contributed by atoms with Crippen LogP contribution in [0.5, 0.6) is 0 Å². The van der Waals surface area contributed by atoms with Crippen LogP contribution in [0.15, 0.2) is 12.2 Å². The van der Waals surface area contributed by atoms with E-state index < -0.39 is 0 Å². The number of carbonyl (C=O) groups is 1. The Balaban J connectivity index is 3.58. The van der Waals surface area contributed by atoms with E-state index in [1.165, 1.54) is 0 Å². The van der Waals surface area contributed by atoms with E-state index >= 15 is 0 Å². The van der Waals surface area contributed by atoms with E-state index in [9.17, 15) is 4.79 Å². The van der Waals surface area contributed by atoms with Gasteiger partial charge in [0.1, 0.15) is 5.60 Å². The first-order valence-corrected chi connectivity index (χ1v) is 5.91. The molecular formula is C10H17IO2. The predicted octanol–water partition coefficient (Wildman–Crippen LogP) is 3.10. The van der Waals surface area contributed by atoms with E-state index in [-0.39, 0.29) is 11.6 Å². The van der Waals surface area contributed by atoms with Gasteiger partial charge in [-0.1, -0.05) is 34.7 Å². The summed E-state index contributed by atoms with van der Waals surface area (Å²) in [6.07, 6.45) is 5.31. The molecule has 0 fully saturated rings. The van der Waals surface area contributed by atoms with E-state index in [0.29, 0.717) is 6.42 Å². The van der Waals surface area contributed by atoms with Crippen LogP contribution in [0, 0.1) is 0 Å². The predicted molar refractivity (Wildman–Crippen MR) is 63.1 cm³/mol. The lowest BCUT2D eigenvalue weighted by Crippen LogP contribution is -2.23. The third-order valence-electron chi connectivity index (χ3n) is 1.19. The highest BCUT2D eigenvalue weighted by Gasteiger charge is 2.14. The summed E-state index contributed by atoms with van der Waals surface area (Å²) in [4.78, 5) is 11.2. The van der Waals surface area contributed by atoms with Crippen LogP contribution in [0.1, 0.15) is 33.6 Å². The Kier molecular flexibility index (Phi) is 6.37. The molecular weight excluding hydrogens is 279 g/mol. The number of alkyl halides is 1. The molecule has 0 unspecified atom stereocenters. The molecule has 13 heavy (non-hydrogen) atoms. The molecule has 0 aliphatic carbocycles. The molecule has 0 aromatic rings. The van der Waals surface area contributed by atoms with Crippen LogP contribution in [0.25, 0.3) is 0 Å². The normalized spacial score (nSPS) is 12.0. The average molecular weight is 296 g/mol. The van der Waals surface area contributed by atoms with Gasteiger partial charge in [-0.15, -0.1) is 0 Å². The first kappa shape index (κ1) is 12.9. The topological polar surface area (TPSA) is 26.3 Å². The lowest BCUT2D eigenvalue weighted by molar-refractivity contribution is -0.154. The zero-order valence-corrected chi connectivity index (χ0v) is 10.6. The molecule has 0 rings (SSSR count). The fourth-order valence-corrected chi connectivity index (χ4v) is 1.13. The number of hydrogen-bond donors (Lipinski definition) is 0. The maximum Gasteiger partial charge on any atom is 0.306 e. The van der Waals surface area contributed by atoms with Gasteiger partial charge in [0, 0.05) is 10.8 Å². The van der Waals surface area contributed by atoms with Gasteiger partial charge in [-0.25, -0.2) is 0 Å². The van der Waals surface area contributed by atoms with Crippen molar-refractivity contribution in [1.82, 2.24) is 0 Å². The monoisotopic (exact) mass is 296 g/mol. The second-order valence-electron chi connectivity index (χ2n) is 3.75. The van der Waals surface area contributed by atoms with Crippen molar-refractivity contribution < 1.29 is 9.53 Å². The zero-order chi connectivity index (χ0) is 10.3. The van der Waals surface area contributed by atoms with Crippen molar-refractivity contribution in [1.29, 1.82) is 0 Å². The van der Waals surface area contributed by atoms with Gasteiger partial charge in [-0.3, -0.25) is 4.79 Å². The summed E-state index contributed by atoms with van der Waals surface area (Å²) in [6, 6.07) is 0. The largest absolute Gasteiger partial charge is 0.460 e. The molecule has 3 heteroatoms. The minimum Gasteiger partial charge on any atom is -0.460 e. The highest BCUT2D eigenvalue weighted by Crippen LogP contribution is 2.09. The quantitative estimate of drug-likeness (QED) is 0.345. The van der Waals surface area contributed by atoms with Gasteiger partial charge >= 0.3 is 5.97 Å². The Morgan fingerprint density at radius 2 is 2.00 bits per heavy atom. The first-order valence-electron chi connectivity index (χ1n) is 4.38. The van der Waals surface area contributed by atoms with Crippen LogP contribution in [0.3, 0.4) is 0 Å². The molecule has 0 amide bonds. The minimum atomic E-state index is -0.357. The molecule has 0 saturated heterocycles. The van der Waals surface area contributed by atoms with Gasteiger partial charge < -0.3 is 4.74 Å². The van der Waals surface area contributed by atoms with E-state index in [2.05, 4.69) is 22.6 Å². The molecule has 76 valence electrons. The van der Waals surface area contributed by atoms with Crippen LogP contribution in [-0.4, -0.2) is 16.0 Å². The Bertz CT molecular complexity index is 180. The molecule has 0 spiro atoms. The van der Waals surface area contributed by atoms with Crippen LogP contribution in [0.2, 0.25) is 0 Å².